The molecule has 1 heterocycles. The molecule has 2 atom stereocenters. The van der Waals surface area contributed by atoms with E-state index in [1.54, 1.807) is 0 Å². The molecule has 1 aromatic rings. The van der Waals surface area contributed by atoms with Crippen molar-refractivity contribution in [3.8, 4) is 0 Å². The predicted octanol–water partition coefficient (Wildman–Crippen LogP) is 1.61. The van der Waals surface area contributed by atoms with Crippen molar-refractivity contribution in [3.63, 3.8) is 0 Å². The Balaban J connectivity index is 2.04. The van der Waals surface area contributed by atoms with Gasteiger partial charge in [0.25, 0.3) is 0 Å². The number of halogens is 1. The van der Waals surface area contributed by atoms with Crippen LogP contribution in [0.5, 0.6) is 0 Å². The van der Waals surface area contributed by atoms with Crippen LogP contribution in [0.2, 0.25) is 0 Å². The van der Waals surface area contributed by atoms with Gasteiger partial charge in [-0.1, -0.05) is 22.0 Å². The summed E-state index contributed by atoms with van der Waals surface area (Å²) >= 11 is 3.53. The van der Waals surface area contributed by atoms with Gasteiger partial charge in [-0.05, 0) is 24.6 Å². The molecule has 1 aromatic carbocycles. The summed E-state index contributed by atoms with van der Waals surface area (Å²) in [4.78, 5) is 2.30. The lowest BCUT2D eigenvalue weighted by atomic mass is 10.1. The molecule has 4 nitrogen and oxygen atoms in total. The van der Waals surface area contributed by atoms with Crippen LogP contribution >= 0.6 is 15.9 Å². The number of morpholine rings is 1. The highest BCUT2D eigenvalue weighted by Gasteiger charge is 2.24. The molecule has 0 amide bonds. The predicted molar refractivity (Wildman–Crippen MR) is 75.3 cm³/mol. The first-order chi connectivity index (χ1) is 8.58. The summed E-state index contributed by atoms with van der Waals surface area (Å²) in [5.41, 5.74) is 7.69. The number of hydrogen-bond acceptors (Lipinski definition) is 4. The van der Waals surface area contributed by atoms with Crippen LogP contribution in [-0.4, -0.2) is 41.9 Å². The Hall–Kier alpha value is -0.620. The number of hydrogen-bond donors (Lipinski definition) is 2. The molecule has 2 rings (SSSR count). The molecule has 0 aliphatic carbocycles. The zero-order valence-electron chi connectivity index (χ0n) is 10.5. The third kappa shape index (κ3) is 3.45. The highest BCUT2D eigenvalue weighted by molar-refractivity contribution is 9.10. The van der Waals surface area contributed by atoms with Gasteiger partial charge in [-0.25, -0.2) is 0 Å². The Bertz CT molecular complexity index is 414. The minimum atomic E-state index is -0.0821. The van der Waals surface area contributed by atoms with Crippen molar-refractivity contribution in [1.82, 2.24) is 4.90 Å². The summed E-state index contributed by atoms with van der Waals surface area (Å²) in [5.74, 6) is 0. The van der Waals surface area contributed by atoms with E-state index in [2.05, 4.69) is 20.8 Å². The van der Waals surface area contributed by atoms with Gasteiger partial charge in [0.2, 0.25) is 0 Å². The van der Waals surface area contributed by atoms with E-state index in [0.717, 1.165) is 29.8 Å². The van der Waals surface area contributed by atoms with Crippen LogP contribution in [0.3, 0.4) is 0 Å². The maximum Gasteiger partial charge on any atom is 0.0936 e. The molecule has 5 heteroatoms. The van der Waals surface area contributed by atoms with E-state index >= 15 is 0 Å². The van der Waals surface area contributed by atoms with E-state index in [4.69, 9.17) is 10.5 Å². The molecule has 18 heavy (non-hydrogen) atoms. The van der Waals surface area contributed by atoms with Crippen LogP contribution in [0.25, 0.3) is 0 Å². The quantitative estimate of drug-likeness (QED) is 0.832. The molecule has 0 saturated carbocycles. The Labute approximate surface area is 116 Å². The first-order valence-electron chi connectivity index (χ1n) is 6.11. The maximum absolute atomic E-state index is 9.21. The number of nitrogens with two attached hydrogens (primary N) is 1. The first kappa shape index (κ1) is 13.8. The summed E-state index contributed by atoms with van der Waals surface area (Å²) in [7, 11) is 0. The van der Waals surface area contributed by atoms with Crippen molar-refractivity contribution in [2.45, 2.75) is 25.7 Å². The van der Waals surface area contributed by atoms with Crippen molar-refractivity contribution >= 4 is 21.6 Å². The fraction of sp³-hybridized carbons (Fsp3) is 0.538. The van der Waals surface area contributed by atoms with Gasteiger partial charge >= 0.3 is 0 Å². The van der Waals surface area contributed by atoms with Gasteiger partial charge in [-0.2, -0.15) is 0 Å². The van der Waals surface area contributed by atoms with Gasteiger partial charge in [-0.3, -0.25) is 4.90 Å². The third-order valence-corrected chi connectivity index (χ3v) is 3.81. The van der Waals surface area contributed by atoms with Crippen LogP contribution in [0, 0.1) is 0 Å². The van der Waals surface area contributed by atoms with E-state index in [1.165, 1.54) is 5.56 Å². The number of nitrogen functional groups attached to an aromatic ring is 1. The van der Waals surface area contributed by atoms with Crippen LogP contribution in [0.4, 0.5) is 5.69 Å². The van der Waals surface area contributed by atoms with Gasteiger partial charge in [0.1, 0.15) is 0 Å². The van der Waals surface area contributed by atoms with Crippen molar-refractivity contribution in [2.75, 3.05) is 25.4 Å². The molecule has 1 fully saturated rings. The third-order valence-electron chi connectivity index (χ3n) is 3.08. The Kier molecular flexibility index (Phi) is 4.61. The van der Waals surface area contributed by atoms with Gasteiger partial charge in [-0.15, -0.1) is 0 Å². The van der Waals surface area contributed by atoms with E-state index in [0.29, 0.717) is 0 Å². The second-order valence-corrected chi connectivity index (χ2v) is 5.65. The van der Waals surface area contributed by atoms with E-state index in [1.807, 2.05) is 25.1 Å². The lowest BCUT2D eigenvalue weighted by Crippen LogP contribution is -2.47. The molecule has 100 valence electrons. The molecular formula is C13H19BrN2O2. The summed E-state index contributed by atoms with van der Waals surface area (Å²) in [6.45, 7) is 4.59. The van der Waals surface area contributed by atoms with Crippen molar-refractivity contribution in [2.24, 2.45) is 0 Å². The minimum absolute atomic E-state index is 0.0732. The van der Waals surface area contributed by atoms with Crippen molar-refractivity contribution in [3.05, 3.63) is 28.2 Å². The lowest BCUT2D eigenvalue weighted by molar-refractivity contribution is -0.0972. The molecule has 3 N–H and O–H groups in total. The Morgan fingerprint density at radius 1 is 1.50 bits per heavy atom. The number of nitrogens with zero attached hydrogens (tertiary/aromatic N) is 1. The molecular weight excluding hydrogens is 296 g/mol. The Morgan fingerprint density at radius 2 is 2.28 bits per heavy atom. The fourth-order valence-corrected chi connectivity index (χ4v) is 2.83. The number of rotatable bonds is 3. The zero-order valence-corrected chi connectivity index (χ0v) is 12.1. The molecule has 0 aromatic heterocycles. The van der Waals surface area contributed by atoms with Gasteiger partial charge in [0.05, 0.1) is 18.8 Å². The largest absolute Gasteiger partial charge is 0.399 e. The summed E-state index contributed by atoms with van der Waals surface area (Å²) < 4.78 is 6.66. The van der Waals surface area contributed by atoms with Crippen molar-refractivity contribution in [1.29, 1.82) is 0 Å². The minimum Gasteiger partial charge on any atom is -0.399 e. The molecule has 1 aliphatic rings. The lowest BCUT2D eigenvalue weighted by Gasteiger charge is -2.36. The highest BCUT2D eigenvalue weighted by atomic mass is 79.9. The van der Waals surface area contributed by atoms with Crippen LogP contribution in [0.15, 0.2) is 22.7 Å². The molecule has 0 spiro atoms. The number of benzene rings is 1. The summed E-state index contributed by atoms with van der Waals surface area (Å²) in [6, 6.07) is 5.86. The number of anilines is 1. The van der Waals surface area contributed by atoms with E-state index < -0.39 is 0 Å². The molecule has 0 bridgehead atoms. The number of ether oxygens (including phenoxy) is 1. The van der Waals surface area contributed by atoms with E-state index in [-0.39, 0.29) is 18.8 Å². The summed E-state index contributed by atoms with van der Waals surface area (Å²) in [5, 5.41) is 9.21. The molecule has 0 radical (unpaired) electrons. The van der Waals surface area contributed by atoms with Crippen LogP contribution in [-0.2, 0) is 11.3 Å². The standard InChI is InChI=1S/C13H19BrN2O2/c1-9-5-16(7-12(8-17)18-9)6-10-2-3-11(15)4-13(10)14/h2-4,9,12,17H,5-8,15H2,1H3. The first-order valence-corrected chi connectivity index (χ1v) is 6.90. The highest BCUT2D eigenvalue weighted by Crippen LogP contribution is 2.23. The number of aliphatic hydroxyl groups excluding tert-OH is 1. The summed E-state index contributed by atoms with van der Waals surface area (Å²) in [6.07, 6.45) is 0.0739. The fourth-order valence-electron chi connectivity index (χ4n) is 2.30. The van der Waals surface area contributed by atoms with Gasteiger partial charge in [0.15, 0.2) is 0 Å². The van der Waals surface area contributed by atoms with Gasteiger partial charge in [0, 0.05) is 29.8 Å². The van der Waals surface area contributed by atoms with Gasteiger partial charge < -0.3 is 15.6 Å². The van der Waals surface area contributed by atoms with Crippen molar-refractivity contribution < 1.29 is 9.84 Å². The normalized spacial score (nSPS) is 25.3. The maximum atomic E-state index is 9.21. The molecule has 1 saturated heterocycles. The van der Waals surface area contributed by atoms with Crippen LogP contribution < -0.4 is 5.73 Å². The Morgan fingerprint density at radius 3 is 2.94 bits per heavy atom. The number of aliphatic hydroxyl groups is 1. The van der Waals surface area contributed by atoms with Crippen LogP contribution in [0.1, 0.15) is 12.5 Å². The monoisotopic (exact) mass is 314 g/mol. The van der Waals surface area contributed by atoms with E-state index in [9.17, 15) is 5.11 Å². The second kappa shape index (κ2) is 6.02. The second-order valence-electron chi connectivity index (χ2n) is 4.80. The molecule has 1 aliphatic heterocycles. The topological polar surface area (TPSA) is 58.7 Å². The zero-order chi connectivity index (χ0) is 13.1. The SMILES string of the molecule is CC1CN(Cc2ccc(N)cc2Br)CC(CO)O1. The average Bonchev–Trinajstić information content (AvgIpc) is 2.32. The smallest absolute Gasteiger partial charge is 0.0936 e. The molecule has 2 unspecified atom stereocenters. The average molecular weight is 315 g/mol.